The van der Waals surface area contributed by atoms with E-state index in [9.17, 15) is 5.11 Å². The van der Waals surface area contributed by atoms with E-state index >= 15 is 0 Å². The zero-order valence-corrected chi connectivity index (χ0v) is 8.45. The van der Waals surface area contributed by atoms with Crippen molar-refractivity contribution in [2.24, 2.45) is 17.8 Å². The molecule has 2 N–H and O–H groups in total. The molecule has 78 valence electrons. The molecule has 2 atom stereocenters. The standard InChI is InChI=1S/C12H18O2/c13-2-1-11-9-3-8-4-10(11)7-12(14,5-8)6-9/h1,8-10,13-14H,2-7H2. The van der Waals surface area contributed by atoms with Crippen molar-refractivity contribution in [2.75, 3.05) is 6.61 Å². The Morgan fingerprint density at radius 2 is 1.86 bits per heavy atom. The van der Waals surface area contributed by atoms with E-state index in [4.69, 9.17) is 5.11 Å². The molecule has 0 saturated heterocycles. The van der Waals surface area contributed by atoms with Crippen LogP contribution >= 0.6 is 0 Å². The Kier molecular flexibility index (Phi) is 1.80. The Bertz CT molecular complexity index is 264. The van der Waals surface area contributed by atoms with Crippen molar-refractivity contribution in [1.82, 2.24) is 0 Å². The highest BCUT2D eigenvalue weighted by Gasteiger charge is 2.52. The van der Waals surface area contributed by atoms with Gasteiger partial charge in [0.05, 0.1) is 12.2 Å². The largest absolute Gasteiger partial charge is 0.392 e. The fourth-order valence-corrected chi connectivity index (χ4v) is 4.22. The van der Waals surface area contributed by atoms with Gasteiger partial charge >= 0.3 is 0 Å². The maximum Gasteiger partial charge on any atom is 0.0661 e. The van der Waals surface area contributed by atoms with Gasteiger partial charge in [-0.1, -0.05) is 11.6 Å². The normalized spacial score (nSPS) is 49.9. The molecule has 0 heterocycles. The summed E-state index contributed by atoms with van der Waals surface area (Å²) in [6.45, 7) is 0.172. The fourth-order valence-electron chi connectivity index (χ4n) is 4.22. The van der Waals surface area contributed by atoms with E-state index in [0.29, 0.717) is 11.8 Å². The van der Waals surface area contributed by atoms with Gasteiger partial charge in [0.1, 0.15) is 0 Å². The predicted octanol–water partition coefficient (Wildman–Crippen LogP) is 1.48. The van der Waals surface area contributed by atoms with Crippen molar-refractivity contribution >= 4 is 0 Å². The van der Waals surface area contributed by atoms with Crippen LogP contribution in [0.25, 0.3) is 0 Å². The first-order chi connectivity index (χ1) is 6.70. The molecule has 4 bridgehead atoms. The molecule has 0 spiro atoms. The lowest BCUT2D eigenvalue weighted by molar-refractivity contribution is -0.100. The highest BCUT2D eigenvalue weighted by molar-refractivity contribution is 5.23. The van der Waals surface area contributed by atoms with E-state index in [-0.39, 0.29) is 12.2 Å². The van der Waals surface area contributed by atoms with Gasteiger partial charge in [-0.3, -0.25) is 0 Å². The molecule has 4 aliphatic carbocycles. The van der Waals surface area contributed by atoms with Crippen LogP contribution in [0.3, 0.4) is 0 Å². The Hall–Kier alpha value is -0.340. The summed E-state index contributed by atoms with van der Waals surface area (Å²) in [6, 6.07) is 0. The van der Waals surface area contributed by atoms with Crippen LogP contribution in [0.2, 0.25) is 0 Å². The van der Waals surface area contributed by atoms with E-state index in [1.165, 1.54) is 18.4 Å². The number of rotatable bonds is 1. The Labute approximate surface area is 84.6 Å². The third kappa shape index (κ3) is 1.17. The first-order valence-corrected chi connectivity index (χ1v) is 5.73. The third-order valence-electron chi connectivity index (χ3n) is 4.43. The van der Waals surface area contributed by atoms with Crippen molar-refractivity contribution in [3.05, 3.63) is 11.6 Å². The van der Waals surface area contributed by atoms with Crippen LogP contribution in [-0.2, 0) is 0 Å². The second kappa shape index (κ2) is 2.83. The lowest BCUT2D eigenvalue weighted by Gasteiger charge is -2.55. The molecular formula is C12H18O2. The van der Waals surface area contributed by atoms with Crippen molar-refractivity contribution in [1.29, 1.82) is 0 Å². The Balaban J connectivity index is 1.93. The summed E-state index contributed by atoms with van der Waals surface area (Å²) < 4.78 is 0. The highest BCUT2D eigenvalue weighted by atomic mass is 16.3. The van der Waals surface area contributed by atoms with E-state index in [2.05, 4.69) is 0 Å². The van der Waals surface area contributed by atoms with Gasteiger partial charge in [-0.05, 0) is 49.9 Å². The topological polar surface area (TPSA) is 40.5 Å². The average Bonchev–Trinajstić information content (AvgIpc) is 2.08. The van der Waals surface area contributed by atoms with Crippen molar-refractivity contribution in [3.8, 4) is 0 Å². The highest BCUT2D eigenvalue weighted by Crippen LogP contribution is 2.57. The molecule has 0 amide bonds. The minimum atomic E-state index is -0.344. The summed E-state index contributed by atoms with van der Waals surface area (Å²) in [7, 11) is 0. The van der Waals surface area contributed by atoms with Crippen LogP contribution in [-0.4, -0.2) is 22.4 Å². The maximum atomic E-state index is 10.3. The average molecular weight is 194 g/mol. The van der Waals surface area contributed by atoms with Crippen LogP contribution in [0.1, 0.15) is 32.1 Å². The molecule has 0 aromatic heterocycles. The SMILES string of the molecule is OCC=C1C2CC3CC1CC(O)(C3)C2. The van der Waals surface area contributed by atoms with E-state index < -0.39 is 0 Å². The van der Waals surface area contributed by atoms with Gasteiger partial charge in [-0.15, -0.1) is 0 Å². The molecule has 14 heavy (non-hydrogen) atoms. The molecule has 0 aromatic rings. The van der Waals surface area contributed by atoms with Crippen LogP contribution in [0, 0.1) is 17.8 Å². The first kappa shape index (κ1) is 8.93. The van der Waals surface area contributed by atoms with Crippen molar-refractivity contribution in [2.45, 2.75) is 37.7 Å². The van der Waals surface area contributed by atoms with E-state index in [0.717, 1.165) is 25.2 Å². The molecule has 2 unspecified atom stereocenters. The summed E-state index contributed by atoms with van der Waals surface area (Å²) in [5.41, 5.74) is 1.11. The van der Waals surface area contributed by atoms with Gasteiger partial charge in [-0.25, -0.2) is 0 Å². The number of allylic oxidation sites excluding steroid dienone is 1. The van der Waals surface area contributed by atoms with Crippen LogP contribution in [0.15, 0.2) is 11.6 Å². The zero-order valence-electron chi connectivity index (χ0n) is 8.45. The van der Waals surface area contributed by atoms with Gasteiger partial charge in [0.25, 0.3) is 0 Å². The number of aliphatic hydroxyl groups excluding tert-OH is 1. The minimum Gasteiger partial charge on any atom is -0.392 e. The van der Waals surface area contributed by atoms with Gasteiger partial charge in [0, 0.05) is 0 Å². The van der Waals surface area contributed by atoms with Crippen molar-refractivity contribution < 1.29 is 10.2 Å². The third-order valence-corrected chi connectivity index (χ3v) is 4.43. The quantitative estimate of drug-likeness (QED) is 0.621. The first-order valence-electron chi connectivity index (χ1n) is 5.73. The summed E-state index contributed by atoms with van der Waals surface area (Å²) >= 11 is 0. The van der Waals surface area contributed by atoms with Gasteiger partial charge in [-0.2, -0.15) is 0 Å². The van der Waals surface area contributed by atoms with E-state index in [1.807, 2.05) is 6.08 Å². The summed E-state index contributed by atoms with van der Waals surface area (Å²) in [5.74, 6) is 1.92. The smallest absolute Gasteiger partial charge is 0.0661 e. The van der Waals surface area contributed by atoms with Crippen LogP contribution in [0.5, 0.6) is 0 Å². The second-order valence-corrected chi connectivity index (χ2v) is 5.45. The van der Waals surface area contributed by atoms with Gasteiger partial charge in [0.15, 0.2) is 0 Å². The Morgan fingerprint density at radius 3 is 2.36 bits per heavy atom. The lowest BCUT2D eigenvalue weighted by atomic mass is 9.52. The summed E-state index contributed by atoms with van der Waals surface area (Å²) in [6.07, 6.45) is 7.44. The van der Waals surface area contributed by atoms with Gasteiger partial charge < -0.3 is 10.2 Å². The molecule has 0 aromatic carbocycles. The lowest BCUT2D eigenvalue weighted by Crippen LogP contribution is -2.51. The predicted molar refractivity (Wildman–Crippen MR) is 53.7 cm³/mol. The minimum absolute atomic E-state index is 0.172. The molecular weight excluding hydrogens is 176 g/mol. The maximum absolute atomic E-state index is 10.3. The van der Waals surface area contributed by atoms with Crippen LogP contribution in [0.4, 0.5) is 0 Å². The van der Waals surface area contributed by atoms with Crippen LogP contribution < -0.4 is 0 Å². The number of aliphatic hydroxyl groups is 2. The second-order valence-electron chi connectivity index (χ2n) is 5.45. The Morgan fingerprint density at radius 1 is 1.21 bits per heavy atom. The molecule has 2 heteroatoms. The number of hydrogen-bond acceptors (Lipinski definition) is 2. The fraction of sp³-hybridized carbons (Fsp3) is 0.833. The molecule has 0 aliphatic heterocycles. The zero-order chi connectivity index (χ0) is 9.76. The van der Waals surface area contributed by atoms with Crippen molar-refractivity contribution in [3.63, 3.8) is 0 Å². The molecule has 0 radical (unpaired) electrons. The molecule has 4 saturated carbocycles. The van der Waals surface area contributed by atoms with Gasteiger partial charge in [0.2, 0.25) is 0 Å². The molecule has 4 rings (SSSR count). The summed E-state index contributed by atoms with van der Waals surface area (Å²) in [4.78, 5) is 0. The molecule has 4 aliphatic rings. The van der Waals surface area contributed by atoms with E-state index in [1.54, 1.807) is 0 Å². The molecule has 2 nitrogen and oxygen atoms in total. The number of hydrogen-bond donors (Lipinski definition) is 2. The monoisotopic (exact) mass is 194 g/mol. The summed E-state index contributed by atoms with van der Waals surface area (Å²) in [5, 5.41) is 19.3. The molecule has 4 fully saturated rings.